The van der Waals surface area contributed by atoms with Crippen LogP contribution >= 0.6 is 11.3 Å². The van der Waals surface area contributed by atoms with Crippen LogP contribution in [0.15, 0.2) is 29.8 Å². The summed E-state index contributed by atoms with van der Waals surface area (Å²) in [6.07, 6.45) is 1.71. The van der Waals surface area contributed by atoms with E-state index in [9.17, 15) is 4.79 Å². The molecule has 2 heterocycles. The monoisotopic (exact) mass is 276 g/mol. The standard InChI is InChI=1S/C13H16N4OS/c1-9(12-5-3-4-6-14-12)16-13(18)15-7-11-8-19-10(2)17-11/h3-6,8-9H,7H2,1-2H3,(H2,15,16,18)/t9-/m1/s1. The van der Waals surface area contributed by atoms with Gasteiger partial charge < -0.3 is 10.6 Å². The lowest BCUT2D eigenvalue weighted by Crippen LogP contribution is -2.36. The molecule has 1 atom stereocenters. The van der Waals surface area contributed by atoms with Crippen molar-refractivity contribution >= 4 is 17.4 Å². The lowest BCUT2D eigenvalue weighted by atomic mass is 10.2. The fourth-order valence-corrected chi connectivity index (χ4v) is 2.23. The molecule has 19 heavy (non-hydrogen) atoms. The predicted octanol–water partition coefficient (Wildman–Crippen LogP) is 2.41. The highest BCUT2D eigenvalue weighted by Crippen LogP contribution is 2.08. The number of hydrogen-bond donors (Lipinski definition) is 2. The fourth-order valence-electron chi connectivity index (χ4n) is 1.61. The van der Waals surface area contributed by atoms with Crippen LogP contribution in [0, 0.1) is 6.92 Å². The van der Waals surface area contributed by atoms with Gasteiger partial charge >= 0.3 is 6.03 Å². The molecule has 0 bridgehead atoms. The molecule has 2 rings (SSSR count). The molecule has 2 N–H and O–H groups in total. The SMILES string of the molecule is Cc1nc(CNC(=O)N[C@H](C)c2ccccn2)cs1. The van der Waals surface area contributed by atoms with E-state index in [-0.39, 0.29) is 12.1 Å². The highest BCUT2D eigenvalue weighted by Gasteiger charge is 2.10. The Balaban J connectivity index is 1.81. The van der Waals surface area contributed by atoms with E-state index in [4.69, 9.17) is 0 Å². The molecule has 0 aliphatic heterocycles. The van der Waals surface area contributed by atoms with Gasteiger partial charge in [-0.2, -0.15) is 0 Å². The van der Waals surface area contributed by atoms with E-state index >= 15 is 0 Å². The molecule has 5 nitrogen and oxygen atoms in total. The molecule has 2 aromatic heterocycles. The lowest BCUT2D eigenvalue weighted by molar-refractivity contribution is 0.237. The minimum absolute atomic E-state index is 0.127. The van der Waals surface area contributed by atoms with Crippen LogP contribution in [-0.2, 0) is 6.54 Å². The van der Waals surface area contributed by atoms with E-state index in [1.54, 1.807) is 17.5 Å². The topological polar surface area (TPSA) is 66.9 Å². The zero-order chi connectivity index (χ0) is 13.7. The van der Waals surface area contributed by atoms with Gasteiger partial charge in [-0.1, -0.05) is 6.07 Å². The number of pyridine rings is 1. The highest BCUT2D eigenvalue weighted by molar-refractivity contribution is 7.09. The Hall–Kier alpha value is -1.95. The predicted molar refractivity (Wildman–Crippen MR) is 74.9 cm³/mol. The third kappa shape index (κ3) is 4.03. The Morgan fingerprint density at radius 1 is 1.47 bits per heavy atom. The quantitative estimate of drug-likeness (QED) is 0.901. The number of carbonyl (C=O) groups excluding carboxylic acids is 1. The van der Waals surface area contributed by atoms with E-state index in [1.165, 1.54) is 0 Å². The molecule has 0 saturated heterocycles. The van der Waals surface area contributed by atoms with Crippen LogP contribution in [0.5, 0.6) is 0 Å². The zero-order valence-corrected chi connectivity index (χ0v) is 11.7. The molecule has 6 heteroatoms. The van der Waals surface area contributed by atoms with Gasteiger partial charge in [-0.25, -0.2) is 9.78 Å². The van der Waals surface area contributed by atoms with Crippen LogP contribution in [-0.4, -0.2) is 16.0 Å². The summed E-state index contributed by atoms with van der Waals surface area (Å²) in [5.74, 6) is 0. The Morgan fingerprint density at radius 3 is 2.95 bits per heavy atom. The maximum Gasteiger partial charge on any atom is 0.315 e. The molecule has 100 valence electrons. The van der Waals surface area contributed by atoms with Gasteiger partial charge in [0.15, 0.2) is 0 Å². The van der Waals surface area contributed by atoms with Gasteiger partial charge in [0.1, 0.15) is 0 Å². The molecular formula is C13H16N4OS. The normalized spacial score (nSPS) is 11.9. The van der Waals surface area contributed by atoms with Crippen LogP contribution in [0.3, 0.4) is 0 Å². The number of thiazole rings is 1. The van der Waals surface area contributed by atoms with Crippen LogP contribution in [0.1, 0.15) is 29.4 Å². The van der Waals surface area contributed by atoms with Crippen molar-refractivity contribution in [2.75, 3.05) is 0 Å². The van der Waals surface area contributed by atoms with Gasteiger partial charge in [0.25, 0.3) is 0 Å². The Labute approximate surface area is 116 Å². The van der Waals surface area contributed by atoms with Crippen molar-refractivity contribution in [1.82, 2.24) is 20.6 Å². The van der Waals surface area contributed by atoms with Crippen molar-refractivity contribution in [3.05, 3.63) is 46.2 Å². The van der Waals surface area contributed by atoms with Crippen LogP contribution in [0.25, 0.3) is 0 Å². The Kier molecular flexibility index (Phi) is 4.46. The molecule has 0 unspecified atom stereocenters. The van der Waals surface area contributed by atoms with Crippen LogP contribution in [0.2, 0.25) is 0 Å². The summed E-state index contributed by atoms with van der Waals surface area (Å²) < 4.78 is 0. The molecule has 0 radical (unpaired) electrons. The van der Waals surface area contributed by atoms with Crippen molar-refractivity contribution < 1.29 is 4.79 Å². The van der Waals surface area contributed by atoms with E-state index < -0.39 is 0 Å². The first-order valence-corrected chi connectivity index (χ1v) is 6.89. The molecule has 0 saturated carbocycles. The van der Waals surface area contributed by atoms with Gasteiger partial charge in [-0.15, -0.1) is 11.3 Å². The number of nitrogens with one attached hydrogen (secondary N) is 2. The van der Waals surface area contributed by atoms with Gasteiger partial charge in [-0.05, 0) is 26.0 Å². The second kappa shape index (κ2) is 6.29. The molecule has 0 fully saturated rings. The van der Waals surface area contributed by atoms with Crippen molar-refractivity contribution in [1.29, 1.82) is 0 Å². The number of aryl methyl sites for hydroxylation is 1. The minimum Gasteiger partial charge on any atom is -0.332 e. The Bertz CT molecular complexity index is 541. The highest BCUT2D eigenvalue weighted by atomic mass is 32.1. The van der Waals surface area contributed by atoms with Crippen molar-refractivity contribution in [3.63, 3.8) is 0 Å². The summed E-state index contributed by atoms with van der Waals surface area (Å²) in [5, 5.41) is 8.56. The van der Waals surface area contributed by atoms with Crippen LogP contribution < -0.4 is 10.6 Å². The molecule has 2 amide bonds. The summed E-state index contributed by atoms with van der Waals surface area (Å²) in [6, 6.07) is 5.29. The second-order valence-electron chi connectivity index (χ2n) is 4.16. The molecule has 0 aliphatic rings. The Morgan fingerprint density at radius 2 is 2.32 bits per heavy atom. The zero-order valence-electron chi connectivity index (χ0n) is 10.9. The van der Waals surface area contributed by atoms with Gasteiger partial charge in [0.2, 0.25) is 0 Å². The number of rotatable bonds is 4. The summed E-state index contributed by atoms with van der Waals surface area (Å²) >= 11 is 1.57. The van der Waals surface area contributed by atoms with Crippen molar-refractivity contribution in [2.45, 2.75) is 26.4 Å². The van der Waals surface area contributed by atoms with E-state index in [0.29, 0.717) is 6.54 Å². The third-order valence-corrected chi connectivity index (χ3v) is 3.40. The number of amides is 2. The summed E-state index contributed by atoms with van der Waals surface area (Å²) in [5.41, 5.74) is 1.71. The smallest absolute Gasteiger partial charge is 0.315 e. The number of urea groups is 1. The van der Waals surface area contributed by atoms with Crippen molar-refractivity contribution in [2.24, 2.45) is 0 Å². The maximum atomic E-state index is 11.7. The van der Waals surface area contributed by atoms with Crippen molar-refractivity contribution in [3.8, 4) is 0 Å². The van der Waals surface area contributed by atoms with E-state index in [1.807, 2.05) is 37.4 Å². The number of nitrogens with zero attached hydrogens (tertiary/aromatic N) is 2. The summed E-state index contributed by atoms with van der Waals surface area (Å²) in [7, 11) is 0. The second-order valence-corrected chi connectivity index (χ2v) is 5.22. The summed E-state index contributed by atoms with van der Waals surface area (Å²) in [4.78, 5) is 20.2. The molecular weight excluding hydrogens is 260 g/mol. The first-order chi connectivity index (χ1) is 9.15. The summed E-state index contributed by atoms with van der Waals surface area (Å²) in [6.45, 7) is 4.28. The lowest BCUT2D eigenvalue weighted by Gasteiger charge is -2.13. The fraction of sp³-hybridized carbons (Fsp3) is 0.308. The number of aromatic nitrogens is 2. The van der Waals surface area contributed by atoms with Gasteiger partial charge in [0.05, 0.1) is 29.0 Å². The third-order valence-electron chi connectivity index (χ3n) is 2.58. The van der Waals surface area contributed by atoms with E-state index in [2.05, 4.69) is 20.6 Å². The number of hydrogen-bond acceptors (Lipinski definition) is 4. The van der Waals surface area contributed by atoms with Gasteiger partial charge in [0, 0.05) is 11.6 Å². The van der Waals surface area contributed by atoms with Gasteiger partial charge in [-0.3, -0.25) is 4.98 Å². The first-order valence-electron chi connectivity index (χ1n) is 6.01. The number of carbonyl (C=O) groups is 1. The first kappa shape index (κ1) is 13.5. The van der Waals surface area contributed by atoms with Crippen LogP contribution in [0.4, 0.5) is 4.79 Å². The molecule has 0 aromatic carbocycles. The largest absolute Gasteiger partial charge is 0.332 e. The van der Waals surface area contributed by atoms with E-state index in [0.717, 1.165) is 16.4 Å². The average Bonchev–Trinajstić information content (AvgIpc) is 2.83. The molecule has 0 spiro atoms. The molecule has 0 aliphatic carbocycles. The average molecular weight is 276 g/mol. The molecule has 2 aromatic rings. The maximum absolute atomic E-state index is 11.7. The minimum atomic E-state index is -0.219.